The van der Waals surface area contributed by atoms with Crippen molar-refractivity contribution in [3.05, 3.63) is 44.0 Å². The molecule has 21 heavy (non-hydrogen) atoms. The standard InChI is InChI=1S/C13H14BrN5O2/c1-7-4-5-10(9(14)6-7)17-12-11(19(20)21)8(2)16-13(15-3)18-12/h4-6H,1-3H3,(H2,15,16,17,18). The summed E-state index contributed by atoms with van der Waals surface area (Å²) in [7, 11) is 1.66. The van der Waals surface area contributed by atoms with Crippen molar-refractivity contribution >= 4 is 39.1 Å². The van der Waals surface area contributed by atoms with Crippen LogP contribution < -0.4 is 10.6 Å². The fourth-order valence-electron chi connectivity index (χ4n) is 1.83. The van der Waals surface area contributed by atoms with Gasteiger partial charge in [-0.2, -0.15) is 4.98 Å². The first-order chi connectivity index (χ1) is 9.92. The average Bonchev–Trinajstić information content (AvgIpc) is 2.40. The SMILES string of the molecule is CNc1nc(C)c([N+](=O)[O-])c(Nc2ccc(C)cc2Br)n1. The van der Waals surface area contributed by atoms with Crippen molar-refractivity contribution in [1.82, 2.24) is 9.97 Å². The zero-order valence-corrected chi connectivity index (χ0v) is 13.4. The van der Waals surface area contributed by atoms with Gasteiger partial charge in [-0.1, -0.05) is 6.07 Å². The first-order valence-electron chi connectivity index (χ1n) is 6.16. The van der Waals surface area contributed by atoms with Crippen LogP contribution in [-0.4, -0.2) is 21.9 Å². The highest BCUT2D eigenvalue weighted by molar-refractivity contribution is 9.10. The molecule has 2 rings (SSSR count). The molecule has 0 aliphatic rings. The molecule has 0 spiro atoms. The van der Waals surface area contributed by atoms with Gasteiger partial charge in [0.2, 0.25) is 11.8 Å². The Morgan fingerprint density at radius 2 is 2.00 bits per heavy atom. The van der Waals surface area contributed by atoms with E-state index in [-0.39, 0.29) is 11.5 Å². The van der Waals surface area contributed by atoms with Crippen LogP contribution in [0.5, 0.6) is 0 Å². The van der Waals surface area contributed by atoms with Crippen molar-refractivity contribution in [3.63, 3.8) is 0 Å². The van der Waals surface area contributed by atoms with Crippen molar-refractivity contribution in [3.8, 4) is 0 Å². The van der Waals surface area contributed by atoms with Gasteiger partial charge in [-0.25, -0.2) is 4.98 Å². The lowest BCUT2D eigenvalue weighted by atomic mass is 10.2. The smallest absolute Gasteiger partial charge is 0.332 e. The Hall–Kier alpha value is -2.22. The number of aryl methyl sites for hydroxylation is 2. The Bertz CT molecular complexity index is 705. The Balaban J connectivity index is 2.51. The monoisotopic (exact) mass is 351 g/mol. The normalized spacial score (nSPS) is 10.3. The minimum Gasteiger partial charge on any atom is -0.357 e. The third-order valence-electron chi connectivity index (χ3n) is 2.84. The van der Waals surface area contributed by atoms with Crippen molar-refractivity contribution in [2.75, 3.05) is 17.7 Å². The molecule has 1 aromatic carbocycles. The predicted molar refractivity (Wildman–Crippen MR) is 85.1 cm³/mol. The second-order valence-corrected chi connectivity index (χ2v) is 5.30. The largest absolute Gasteiger partial charge is 0.357 e. The first-order valence-corrected chi connectivity index (χ1v) is 6.95. The molecular formula is C13H14BrN5O2. The molecule has 8 heteroatoms. The summed E-state index contributed by atoms with van der Waals surface area (Å²) in [5, 5.41) is 17.0. The first kappa shape index (κ1) is 15.2. The van der Waals surface area contributed by atoms with E-state index in [1.54, 1.807) is 14.0 Å². The minimum absolute atomic E-state index is 0.138. The van der Waals surface area contributed by atoms with Gasteiger partial charge in [0, 0.05) is 11.5 Å². The zero-order valence-electron chi connectivity index (χ0n) is 11.8. The summed E-state index contributed by atoms with van der Waals surface area (Å²) in [5.74, 6) is 0.477. The van der Waals surface area contributed by atoms with Gasteiger partial charge in [-0.05, 0) is 47.5 Å². The molecule has 0 fully saturated rings. The van der Waals surface area contributed by atoms with Crippen LogP contribution in [0.15, 0.2) is 22.7 Å². The highest BCUT2D eigenvalue weighted by Crippen LogP contribution is 2.32. The van der Waals surface area contributed by atoms with Crippen LogP contribution in [0.25, 0.3) is 0 Å². The topological polar surface area (TPSA) is 93.0 Å². The summed E-state index contributed by atoms with van der Waals surface area (Å²) in [6, 6.07) is 5.66. The lowest BCUT2D eigenvalue weighted by Gasteiger charge is -2.11. The fourth-order valence-corrected chi connectivity index (χ4v) is 2.43. The van der Waals surface area contributed by atoms with Gasteiger partial charge in [-0.15, -0.1) is 0 Å². The number of anilines is 3. The van der Waals surface area contributed by atoms with E-state index in [0.717, 1.165) is 10.0 Å². The predicted octanol–water partition coefficient (Wildman–Crippen LogP) is 3.55. The van der Waals surface area contributed by atoms with E-state index in [1.807, 2.05) is 25.1 Å². The molecule has 0 aliphatic heterocycles. The number of hydrogen-bond donors (Lipinski definition) is 2. The van der Waals surface area contributed by atoms with E-state index in [2.05, 4.69) is 36.5 Å². The van der Waals surface area contributed by atoms with E-state index in [9.17, 15) is 10.1 Å². The number of nitrogens with zero attached hydrogens (tertiary/aromatic N) is 3. The molecule has 110 valence electrons. The zero-order chi connectivity index (χ0) is 15.6. The molecule has 0 saturated heterocycles. The fraction of sp³-hybridized carbons (Fsp3) is 0.231. The lowest BCUT2D eigenvalue weighted by Crippen LogP contribution is -2.07. The van der Waals surface area contributed by atoms with Gasteiger partial charge in [0.05, 0.1) is 10.6 Å². The quantitative estimate of drug-likeness (QED) is 0.646. The molecule has 0 aliphatic carbocycles. The van der Waals surface area contributed by atoms with Gasteiger partial charge in [0.25, 0.3) is 0 Å². The van der Waals surface area contributed by atoms with Crippen LogP contribution >= 0.6 is 15.9 Å². The van der Waals surface area contributed by atoms with Gasteiger partial charge < -0.3 is 10.6 Å². The van der Waals surface area contributed by atoms with E-state index in [4.69, 9.17) is 0 Å². The summed E-state index contributed by atoms with van der Waals surface area (Å²) in [6.45, 7) is 3.54. The minimum atomic E-state index is -0.487. The Morgan fingerprint density at radius 1 is 1.29 bits per heavy atom. The van der Waals surface area contributed by atoms with Gasteiger partial charge in [-0.3, -0.25) is 10.1 Å². The third-order valence-corrected chi connectivity index (χ3v) is 3.50. The maximum atomic E-state index is 11.2. The second kappa shape index (κ2) is 6.04. The lowest BCUT2D eigenvalue weighted by molar-refractivity contribution is -0.385. The van der Waals surface area contributed by atoms with Crippen LogP contribution in [0.2, 0.25) is 0 Å². The van der Waals surface area contributed by atoms with Crippen molar-refractivity contribution in [1.29, 1.82) is 0 Å². The molecule has 2 N–H and O–H groups in total. The molecule has 1 aromatic heterocycles. The molecule has 2 aromatic rings. The number of rotatable bonds is 4. The van der Waals surface area contributed by atoms with Crippen molar-refractivity contribution < 1.29 is 4.92 Å². The number of benzene rings is 1. The molecule has 1 heterocycles. The number of nitro groups is 1. The van der Waals surface area contributed by atoms with Gasteiger partial charge in [0.15, 0.2) is 0 Å². The van der Waals surface area contributed by atoms with Gasteiger partial charge in [0.1, 0.15) is 5.69 Å². The maximum absolute atomic E-state index is 11.2. The van der Waals surface area contributed by atoms with Crippen LogP contribution in [-0.2, 0) is 0 Å². The molecule has 0 saturated carbocycles. The number of hydrogen-bond acceptors (Lipinski definition) is 6. The van der Waals surface area contributed by atoms with E-state index < -0.39 is 4.92 Å². The number of nitrogens with one attached hydrogen (secondary N) is 2. The molecule has 0 bridgehead atoms. The van der Waals surface area contributed by atoms with Crippen molar-refractivity contribution in [2.24, 2.45) is 0 Å². The highest BCUT2D eigenvalue weighted by Gasteiger charge is 2.22. The van der Waals surface area contributed by atoms with E-state index in [1.165, 1.54) is 0 Å². The number of aromatic nitrogens is 2. The van der Waals surface area contributed by atoms with Crippen LogP contribution in [0.1, 0.15) is 11.3 Å². The Labute approximate surface area is 130 Å². The molecule has 0 atom stereocenters. The summed E-state index contributed by atoms with van der Waals surface area (Å²) >= 11 is 3.43. The molecule has 7 nitrogen and oxygen atoms in total. The van der Waals surface area contributed by atoms with Gasteiger partial charge >= 0.3 is 5.69 Å². The number of halogens is 1. The van der Waals surface area contributed by atoms with Crippen LogP contribution in [0, 0.1) is 24.0 Å². The second-order valence-electron chi connectivity index (χ2n) is 4.45. The van der Waals surface area contributed by atoms with Crippen LogP contribution in [0.3, 0.4) is 0 Å². The summed E-state index contributed by atoms with van der Waals surface area (Å²) in [4.78, 5) is 18.9. The molecule has 0 unspecified atom stereocenters. The molecule has 0 radical (unpaired) electrons. The Morgan fingerprint density at radius 3 is 2.57 bits per heavy atom. The van der Waals surface area contributed by atoms with E-state index >= 15 is 0 Å². The average molecular weight is 352 g/mol. The summed E-state index contributed by atoms with van der Waals surface area (Å²) < 4.78 is 0.805. The summed E-state index contributed by atoms with van der Waals surface area (Å²) in [5.41, 5.74) is 1.94. The third kappa shape index (κ3) is 3.27. The van der Waals surface area contributed by atoms with Crippen LogP contribution in [0.4, 0.5) is 23.1 Å². The highest BCUT2D eigenvalue weighted by atomic mass is 79.9. The molecule has 0 amide bonds. The molecular weight excluding hydrogens is 338 g/mol. The maximum Gasteiger partial charge on any atom is 0.332 e. The summed E-state index contributed by atoms with van der Waals surface area (Å²) in [6.07, 6.45) is 0. The Kier molecular flexibility index (Phi) is 4.37. The van der Waals surface area contributed by atoms with E-state index in [0.29, 0.717) is 17.3 Å². The van der Waals surface area contributed by atoms with Crippen molar-refractivity contribution in [2.45, 2.75) is 13.8 Å².